The van der Waals surface area contributed by atoms with Crippen LogP contribution in [0.2, 0.25) is 0 Å². The van der Waals surface area contributed by atoms with Crippen LogP contribution in [-0.2, 0) is 27.8 Å². The number of hydrogen-bond acceptors (Lipinski definition) is 4. The first-order valence-electron chi connectivity index (χ1n) is 12.5. The summed E-state index contributed by atoms with van der Waals surface area (Å²) in [6, 6.07) is 18.6. The monoisotopic (exact) mass is 483 g/mol. The number of rotatable bonds is 7. The fraction of sp³-hybridized carbons (Fsp3) is 0.519. The summed E-state index contributed by atoms with van der Waals surface area (Å²) >= 11 is 0. The van der Waals surface area contributed by atoms with E-state index < -0.39 is 10.0 Å². The minimum absolute atomic E-state index is 0.0229. The summed E-state index contributed by atoms with van der Waals surface area (Å²) in [5, 5.41) is -0.288. The minimum atomic E-state index is -3.33. The predicted molar refractivity (Wildman–Crippen MR) is 137 cm³/mol. The first-order chi connectivity index (χ1) is 16.3. The standard InChI is InChI=1S/C27H37N3O3S/c1-22-11-16-27(10-6-9-24-7-4-3-5-8-24)34(32,33)30(22)21-25-12-14-26(15-13-25)29-19-17-28(18-20-29)23(2)31/h3-5,7-8,12-15,22,27H,6,9-11,16-21H2,1-2H3. The molecule has 2 aliphatic rings. The molecule has 2 saturated heterocycles. The van der Waals surface area contributed by atoms with E-state index in [1.165, 1.54) is 5.56 Å². The van der Waals surface area contributed by atoms with Crippen molar-refractivity contribution in [2.75, 3.05) is 31.1 Å². The van der Waals surface area contributed by atoms with Gasteiger partial charge in [-0.1, -0.05) is 42.5 Å². The third-order valence-electron chi connectivity index (χ3n) is 7.35. The summed E-state index contributed by atoms with van der Waals surface area (Å²) in [6.07, 6.45) is 4.19. The molecule has 2 atom stereocenters. The fourth-order valence-corrected chi connectivity index (χ4v) is 7.37. The number of anilines is 1. The number of benzene rings is 2. The molecule has 0 bridgehead atoms. The molecule has 6 nitrogen and oxygen atoms in total. The number of carbonyl (C=O) groups is 1. The molecule has 2 aromatic carbocycles. The van der Waals surface area contributed by atoms with Gasteiger partial charge in [0.15, 0.2) is 0 Å². The lowest BCUT2D eigenvalue weighted by atomic mass is 10.0. The van der Waals surface area contributed by atoms with Gasteiger partial charge in [0, 0.05) is 51.4 Å². The van der Waals surface area contributed by atoms with Gasteiger partial charge in [0.2, 0.25) is 15.9 Å². The number of hydrogen-bond donors (Lipinski definition) is 0. The molecule has 0 saturated carbocycles. The average molecular weight is 484 g/mol. The van der Waals surface area contributed by atoms with Crippen molar-refractivity contribution >= 4 is 21.6 Å². The van der Waals surface area contributed by atoms with E-state index in [9.17, 15) is 13.2 Å². The Morgan fingerprint density at radius 3 is 2.24 bits per heavy atom. The Hall–Kier alpha value is -2.38. The van der Waals surface area contributed by atoms with Gasteiger partial charge in [-0.05, 0) is 62.3 Å². The number of aryl methyl sites for hydroxylation is 1. The Kier molecular flexibility index (Phi) is 7.94. The zero-order chi connectivity index (χ0) is 24.1. The van der Waals surface area contributed by atoms with Gasteiger partial charge in [0.1, 0.15) is 0 Å². The van der Waals surface area contributed by atoms with Crippen molar-refractivity contribution in [2.24, 2.45) is 0 Å². The number of amides is 1. The fourth-order valence-electron chi connectivity index (χ4n) is 5.15. The van der Waals surface area contributed by atoms with Crippen LogP contribution in [0.5, 0.6) is 0 Å². The molecule has 7 heteroatoms. The highest BCUT2D eigenvalue weighted by Gasteiger charge is 2.39. The summed E-state index contributed by atoms with van der Waals surface area (Å²) in [5.74, 6) is 0.130. The van der Waals surface area contributed by atoms with Crippen molar-refractivity contribution in [1.82, 2.24) is 9.21 Å². The second kappa shape index (κ2) is 10.9. The molecule has 184 valence electrons. The maximum absolute atomic E-state index is 13.5. The molecule has 34 heavy (non-hydrogen) atoms. The zero-order valence-corrected chi connectivity index (χ0v) is 21.2. The third kappa shape index (κ3) is 5.81. The Morgan fingerprint density at radius 2 is 1.59 bits per heavy atom. The SMILES string of the molecule is CC(=O)N1CCN(c2ccc(CN3C(C)CCC(CCCc4ccccc4)S3(=O)=O)cc2)CC1. The van der Waals surface area contributed by atoms with E-state index >= 15 is 0 Å². The first kappa shape index (κ1) is 24.7. The maximum Gasteiger partial charge on any atom is 0.219 e. The number of sulfonamides is 1. The van der Waals surface area contributed by atoms with Crippen LogP contribution in [0.15, 0.2) is 54.6 Å². The van der Waals surface area contributed by atoms with Crippen molar-refractivity contribution in [3.05, 3.63) is 65.7 Å². The van der Waals surface area contributed by atoms with Gasteiger partial charge in [-0.25, -0.2) is 8.42 Å². The molecule has 2 heterocycles. The van der Waals surface area contributed by atoms with Gasteiger partial charge >= 0.3 is 0 Å². The lowest BCUT2D eigenvalue weighted by Gasteiger charge is -2.37. The van der Waals surface area contributed by atoms with Crippen molar-refractivity contribution in [2.45, 2.75) is 63.8 Å². The summed E-state index contributed by atoms with van der Waals surface area (Å²) < 4.78 is 28.6. The van der Waals surface area contributed by atoms with Crippen LogP contribution in [0, 0.1) is 0 Å². The van der Waals surface area contributed by atoms with Crippen LogP contribution in [0.1, 0.15) is 50.7 Å². The molecule has 2 aliphatic heterocycles. The van der Waals surface area contributed by atoms with E-state index in [1.807, 2.05) is 42.2 Å². The highest BCUT2D eigenvalue weighted by atomic mass is 32.2. The van der Waals surface area contributed by atoms with Crippen LogP contribution >= 0.6 is 0 Å². The molecule has 0 spiro atoms. The van der Waals surface area contributed by atoms with E-state index in [4.69, 9.17) is 0 Å². The van der Waals surface area contributed by atoms with Crippen LogP contribution in [0.4, 0.5) is 5.69 Å². The molecule has 0 radical (unpaired) electrons. The van der Waals surface area contributed by atoms with Crippen LogP contribution < -0.4 is 4.90 Å². The number of piperazine rings is 1. The van der Waals surface area contributed by atoms with Gasteiger partial charge in [-0.2, -0.15) is 4.31 Å². The Morgan fingerprint density at radius 1 is 0.912 bits per heavy atom. The summed E-state index contributed by atoms with van der Waals surface area (Å²) in [5.41, 5.74) is 3.41. The van der Waals surface area contributed by atoms with Crippen molar-refractivity contribution < 1.29 is 13.2 Å². The van der Waals surface area contributed by atoms with Crippen LogP contribution in [-0.4, -0.2) is 61.0 Å². The lowest BCUT2D eigenvalue weighted by molar-refractivity contribution is -0.129. The van der Waals surface area contributed by atoms with E-state index in [0.29, 0.717) is 13.0 Å². The largest absolute Gasteiger partial charge is 0.368 e. The highest BCUT2D eigenvalue weighted by molar-refractivity contribution is 7.89. The Labute approximate surface area is 204 Å². The second-order valence-electron chi connectivity index (χ2n) is 9.68. The van der Waals surface area contributed by atoms with Gasteiger partial charge in [0.25, 0.3) is 0 Å². The van der Waals surface area contributed by atoms with E-state index in [2.05, 4.69) is 29.2 Å². The Balaban J connectivity index is 1.35. The molecule has 1 amide bonds. The molecule has 0 aliphatic carbocycles. The summed E-state index contributed by atoms with van der Waals surface area (Å²) in [6.45, 7) is 7.20. The van der Waals surface area contributed by atoms with Gasteiger partial charge in [0.05, 0.1) is 5.25 Å². The van der Waals surface area contributed by atoms with E-state index in [-0.39, 0.29) is 17.2 Å². The normalized spacial score (nSPS) is 23.1. The van der Waals surface area contributed by atoms with Crippen molar-refractivity contribution in [1.29, 1.82) is 0 Å². The third-order valence-corrected chi connectivity index (χ3v) is 9.80. The van der Waals surface area contributed by atoms with Crippen molar-refractivity contribution in [3.63, 3.8) is 0 Å². The number of carbonyl (C=O) groups excluding carboxylic acids is 1. The molecule has 2 fully saturated rings. The quantitative estimate of drug-likeness (QED) is 0.596. The minimum Gasteiger partial charge on any atom is -0.368 e. The van der Waals surface area contributed by atoms with Gasteiger partial charge in [-0.15, -0.1) is 0 Å². The lowest BCUT2D eigenvalue weighted by Crippen LogP contribution is -2.48. The molecule has 0 N–H and O–H groups in total. The molecular formula is C27H37N3O3S. The average Bonchev–Trinajstić information content (AvgIpc) is 2.84. The highest BCUT2D eigenvalue weighted by Crippen LogP contribution is 2.31. The molecule has 2 aromatic rings. The van der Waals surface area contributed by atoms with Crippen LogP contribution in [0.25, 0.3) is 0 Å². The maximum atomic E-state index is 13.5. The second-order valence-corrected chi connectivity index (χ2v) is 11.8. The predicted octanol–water partition coefficient (Wildman–Crippen LogP) is 4.06. The molecule has 0 aromatic heterocycles. The summed E-state index contributed by atoms with van der Waals surface area (Å²) in [4.78, 5) is 15.7. The van der Waals surface area contributed by atoms with Gasteiger partial charge < -0.3 is 9.80 Å². The van der Waals surface area contributed by atoms with Crippen LogP contribution in [0.3, 0.4) is 0 Å². The van der Waals surface area contributed by atoms with Crippen molar-refractivity contribution in [3.8, 4) is 0 Å². The smallest absolute Gasteiger partial charge is 0.219 e. The zero-order valence-electron chi connectivity index (χ0n) is 20.4. The van der Waals surface area contributed by atoms with Gasteiger partial charge in [-0.3, -0.25) is 4.79 Å². The molecular weight excluding hydrogens is 446 g/mol. The molecule has 4 rings (SSSR count). The number of nitrogens with zero attached hydrogens (tertiary/aromatic N) is 3. The summed E-state index contributed by atoms with van der Waals surface area (Å²) in [7, 11) is -3.33. The Bertz CT molecular complexity index is 1050. The van der Waals surface area contributed by atoms with E-state index in [1.54, 1.807) is 11.2 Å². The molecule has 2 unspecified atom stereocenters. The first-order valence-corrected chi connectivity index (χ1v) is 14.0. The van der Waals surface area contributed by atoms with E-state index in [0.717, 1.165) is 63.1 Å². The topological polar surface area (TPSA) is 60.9 Å².